The largest absolute Gasteiger partial charge is 0.456 e. The predicted molar refractivity (Wildman–Crippen MR) is 184 cm³/mol. The first-order chi connectivity index (χ1) is 21.8. The van der Waals surface area contributed by atoms with Crippen LogP contribution in [-0.4, -0.2) is 0 Å². The summed E-state index contributed by atoms with van der Waals surface area (Å²) in [7, 11) is 0. The maximum atomic E-state index is 6.52. The molecule has 2 heteroatoms. The Bertz CT molecular complexity index is 2710. The highest BCUT2D eigenvalue weighted by Gasteiger charge is 2.21. The summed E-state index contributed by atoms with van der Waals surface area (Å²) in [6, 6.07) is 52.0. The molecule has 0 aliphatic rings. The zero-order chi connectivity index (χ0) is 28.8. The Balaban J connectivity index is 1.36. The molecule has 0 saturated carbocycles. The minimum absolute atomic E-state index is 0.833. The summed E-state index contributed by atoms with van der Waals surface area (Å²) in [5, 5.41) is 11.9. The Morgan fingerprint density at radius 2 is 0.795 bits per heavy atom. The smallest absolute Gasteiger partial charge is 0.139 e. The molecule has 2 nitrogen and oxygen atoms in total. The summed E-state index contributed by atoms with van der Waals surface area (Å²) < 4.78 is 12.7. The predicted octanol–water partition coefficient (Wildman–Crippen LogP) is 12.3. The number of benzene rings is 8. The lowest BCUT2D eigenvalue weighted by atomic mass is 9.84. The van der Waals surface area contributed by atoms with Crippen LogP contribution in [0.5, 0.6) is 0 Å². The van der Waals surface area contributed by atoms with Crippen LogP contribution in [0.1, 0.15) is 0 Å². The highest BCUT2D eigenvalue weighted by Crippen LogP contribution is 2.48. The van der Waals surface area contributed by atoms with Crippen LogP contribution < -0.4 is 0 Å². The van der Waals surface area contributed by atoms with Crippen molar-refractivity contribution in [3.8, 4) is 22.3 Å². The topological polar surface area (TPSA) is 26.3 Å². The van der Waals surface area contributed by atoms with Crippen molar-refractivity contribution in [2.75, 3.05) is 0 Å². The Morgan fingerprint density at radius 1 is 0.295 bits per heavy atom. The molecule has 10 rings (SSSR count). The lowest BCUT2D eigenvalue weighted by molar-refractivity contribution is 0.656. The van der Waals surface area contributed by atoms with Crippen molar-refractivity contribution in [3.63, 3.8) is 0 Å². The van der Waals surface area contributed by atoms with Gasteiger partial charge in [0.1, 0.15) is 22.3 Å². The maximum absolute atomic E-state index is 6.52. The second-order valence-corrected chi connectivity index (χ2v) is 11.6. The quantitative estimate of drug-likeness (QED) is 0.197. The molecule has 0 fully saturated rings. The van der Waals surface area contributed by atoms with Gasteiger partial charge in [0.05, 0.1) is 0 Å². The van der Waals surface area contributed by atoms with Gasteiger partial charge in [0, 0.05) is 27.6 Å². The summed E-state index contributed by atoms with van der Waals surface area (Å²) in [5.41, 5.74) is 8.36. The first-order valence-corrected chi connectivity index (χ1v) is 15.0. The van der Waals surface area contributed by atoms with Crippen LogP contribution in [-0.2, 0) is 0 Å². The fourth-order valence-corrected chi connectivity index (χ4v) is 7.41. The molecule has 0 aliphatic carbocycles. The van der Waals surface area contributed by atoms with Gasteiger partial charge in [0.2, 0.25) is 0 Å². The first kappa shape index (κ1) is 23.7. The van der Waals surface area contributed by atoms with Gasteiger partial charge in [-0.05, 0) is 72.8 Å². The zero-order valence-electron chi connectivity index (χ0n) is 23.7. The highest BCUT2D eigenvalue weighted by atomic mass is 16.3. The molecule has 0 saturated heterocycles. The Kier molecular flexibility index (Phi) is 4.75. The van der Waals surface area contributed by atoms with Crippen molar-refractivity contribution >= 4 is 76.2 Å². The summed E-state index contributed by atoms with van der Waals surface area (Å²) in [6.45, 7) is 0. The van der Waals surface area contributed by atoms with E-state index in [9.17, 15) is 0 Å². The third-order valence-corrected chi connectivity index (χ3v) is 9.25. The molecule has 0 amide bonds. The van der Waals surface area contributed by atoms with Crippen molar-refractivity contribution in [3.05, 3.63) is 146 Å². The van der Waals surface area contributed by atoms with E-state index in [-0.39, 0.29) is 0 Å². The summed E-state index contributed by atoms with van der Waals surface area (Å²) >= 11 is 0. The molecule has 8 aromatic carbocycles. The summed E-state index contributed by atoms with van der Waals surface area (Å²) in [4.78, 5) is 0. The SMILES string of the molecule is c1ccc2c(-c3c4ccccc4c(-c4cccc5oc6cc7oc8ccccc8c7cc6c45)c4ccccc34)cccc2c1. The highest BCUT2D eigenvalue weighted by molar-refractivity contribution is 6.27. The van der Waals surface area contributed by atoms with E-state index < -0.39 is 0 Å². The van der Waals surface area contributed by atoms with E-state index in [0.29, 0.717) is 0 Å². The van der Waals surface area contributed by atoms with E-state index in [2.05, 4.69) is 127 Å². The van der Waals surface area contributed by atoms with Crippen LogP contribution in [0.3, 0.4) is 0 Å². The van der Waals surface area contributed by atoms with Crippen LogP contribution in [0.25, 0.3) is 98.4 Å². The van der Waals surface area contributed by atoms with Gasteiger partial charge in [0.25, 0.3) is 0 Å². The molecule has 44 heavy (non-hydrogen) atoms. The Morgan fingerprint density at radius 3 is 1.55 bits per heavy atom. The van der Waals surface area contributed by atoms with Gasteiger partial charge in [-0.3, -0.25) is 0 Å². The number of rotatable bonds is 2. The molecule has 0 unspecified atom stereocenters. The number of hydrogen-bond donors (Lipinski definition) is 0. The van der Waals surface area contributed by atoms with Gasteiger partial charge >= 0.3 is 0 Å². The number of fused-ring (bicyclic) bond motifs is 9. The van der Waals surface area contributed by atoms with Crippen molar-refractivity contribution in [2.45, 2.75) is 0 Å². The monoisotopic (exact) mass is 560 g/mol. The summed E-state index contributed by atoms with van der Waals surface area (Å²) in [5.74, 6) is 0. The molecule has 0 aliphatic heterocycles. The number of furan rings is 2. The van der Waals surface area contributed by atoms with Crippen molar-refractivity contribution in [1.29, 1.82) is 0 Å². The average Bonchev–Trinajstić information content (AvgIpc) is 3.63. The van der Waals surface area contributed by atoms with Crippen LogP contribution in [0.2, 0.25) is 0 Å². The van der Waals surface area contributed by atoms with Gasteiger partial charge in [-0.15, -0.1) is 0 Å². The Labute approximate surface area is 252 Å². The van der Waals surface area contributed by atoms with Crippen molar-refractivity contribution in [1.82, 2.24) is 0 Å². The van der Waals surface area contributed by atoms with Gasteiger partial charge in [-0.25, -0.2) is 0 Å². The van der Waals surface area contributed by atoms with Gasteiger partial charge in [-0.2, -0.15) is 0 Å². The van der Waals surface area contributed by atoms with Crippen LogP contribution >= 0.6 is 0 Å². The van der Waals surface area contributed by atoms with E-state index in [1.165, 1.54) is 54.6 Å². The van der Waals surface area contributed by atoms with Crippen molar-refractivity contribution in [2.24, 2.45) is 0 Å². The Hall–Kier alpha value is -5.86. The maximum Gasteiger partial charge on any atom is 0.139 e. The molecule has 2 aromatic heterocycles. The minimum Gasteiger partial charge on any atom is -0.456 e. The molecular weight excluding hydrogens is 536 g/mol. The van der Waals surface area contributed by atoms with Gasteiger partial charge in [0.15, 0.2) is 0 Å². The van der Waals surface area contributed by atoms with Gasteiger partial charge < -0.3 is 8.83 Å². The second-order valence-electron chi connectivity index (χ2n) is 11.6. The lowest BCUT2D eigenvalue weighted by Gasteiger charge is -2.19. The molecule has 0 bridgehead atoms. The third-order valence-electron chi connectivity index (χ3n) is 9.25. The summed E-state index contributed by atoms with van der Waals surface area (Å²) in [6.07, 6.45) is 0. The standard InChI is InChI=1S/C42H24O2/c1-2-13-26-25(11-1)12-9-19-28(26)40-29-15-3-5-17-31(29)41(32-18-6-4-16-30(32)40)33-20-10-22-37-42(33)35-23-34-27-14-7-8-21-36(27)43-38(34)24-39(35)44-37/h1-24H. The molecule has 0 atom stereocenters. The third kappa shape index (κ3) is 3.20. The van der Waals surface area contributed by atoms with Crippen LogP contribution in [0.15, 0.2) is 154 Å². The molecule has 0 N–H and O–H groups in total. The number of hydrogen-bond acceptors (Lipinski definition) is 2. The molecule has 204 valence electrons. The molecule has 0 spiro atoms. The zero-order valence-corrected chi connectivity index (χ0v) is 23.7. The fraction of sp³-hybridized carbons (Fsp3) is 0. The van der Waals surface area contributed by atoms with E-state index in [0.717, 1.165) is 43.9 Å². The second kappa shape index (κ2) is 8.82. The van der Waals surface area contributed by atoms with Crippen molar-refractivity contribution < 1.29 is 8.83 Å². The van der Waals surface area contributed by atoms with E-state index in [1.54, 1.807) is 0 Å². The average molecular weight is 561 g/mol. The van der Waals surface area contributed by atoms with Gasteiger partial charge in [-0.1, -0.05) is 121 Å². The first-order valence-electron chi connectivity index (χ1n) is 15.0. The van der Waals surface area contributed by atoms with E-state index >= 15 is 0 Å². The lowest BCUT2D eigenvalue weighted by Crippen LogP contribution is -1.92. The minimum atomic E-state index is 0.833. The fourth-order valence-electron chi connectivity index (χ4n) is 7.41. The van der Waals surface area contributed by atoms with Crippen LogP contribution in [0, 0.1) is 0 Å². The molecule has 0 radical (unpaired) electrons. The van der Waals surface area contributed by atoms with Crippen LogP contribution in [0.4, 0.5) is 0 Å². The normalized spacial score (nSPS) is 12.1. The van der Waals surface area contributed by atoms with E-state index in [1.807, 2.05) is 18.2 Å². The van der Waals surface area contributed by atoms with E-state index in [4.69, 9.17) is 8.83 Å². The molecule has 10 aromatic rings. The molecule has 2 heterocycles. The number of para-hydroxylation sites is 1. The molecular formula is C42H24O2.